The molecule has 1 amide bonds. The molecule has 0 radical (unpaired) electrons. The van der Waals surface area contributed by atoms with Crippen LogP contribution in [0.3, 0.4) is 0 Å². The maximum atomic E-state index is 13.1. The fourth-order valence-electron chi connectivity index (χ4n) is 3.61. The first-order chi connectivity index (χ1) is 13.6. The van der Waals surface area contributed by atoms with E-state index < -0.39 is 0 Å². The lowest BCUT2D eigenvalue weighted by Gasteiger charge is -2.34. The Balaban J connectivity index is 1.43. The van der Waals surface area contributed by atoms with Gasteiger partial charge in [0.05, 0.1) is 23.8 Å². The smallest absolute Gasteiger partial charge is 0.225 e. The molecule has 2 aromatic heterocycles. The van der Waals surface area contributed by atoms with Crippen molar-refractivity contribution < 1.29 is 9.18 Å². The number of nitrogens with zero attached hydrogens (tertiary/aromatic N) is 4. The van der Waals surface area contributed by atoms with E-state index in [2.05, 4.69) is 25.2 Å². The number of halogens is 1. The van der Waals surface area contributed by atoms with Gasteiger partial charge in [0.1, 0.15) is 11.3 Å². The van der Waals surface area contributed by atoms with Crippen LogP contribution in [0.2, 0.25) is 0 Å². The SMILES string of the molecule is C[C@@H](NC(=O)[C@H]1CCCN(c2cnc3nccnc3c2)C1)c1ccc(F)cc1. The van der Waals surface area contributed by atoms with Gasteiger partial charge in [-0.05, 0) is 43.5 Å². The molecule has 4 rings (SSSR count). The number of pyridine rings is 1. The molecule has 1 aliphatic heterocycles. The van der Waals surface area contributed by atoms with E-state index in [1.807, 2.05) is 13.0 Å². The van der Waals surface area contributed by atoms with Crippen LogP contribution in [0.1, 0.15) is 31.4 Å². The van der Waals surface area contributed by atoms with Gasteiger partial charge < -0.3 is 10.2 Å². The number of rotatable bonds is 4. The first-order valence-electron chi connectivity index (χ1n) is 9.48. The van der Waals surface area contributed by atoms with E-state index >= 15 is 0 Å². The second-order valence-electron chi connectivity index (χ2n) is 7.16. The van der Waals surface area contributed by atoms with Gasteiger partial charge in [-0.25, -0.2) is 14.4 Å². The van der Waals surface area contributed by atoms with Gasteiger partial charge in [-0.1, -0.05) is 12.1 Å². The number of anilines is 1. The van der Waals surface area contributed by atoms with E-state index in [0.717, 1.165) is 36.2 Å². The van der Waals surface area contributed by atoms with Gasteiger partial charge in [0, 0.05) is 25.5 Å². The van der Waals surface area contributed by atoms with Crippen molar-refractivity contribution in [2.75, 3.05) is 18.0 Å². The molecule has 6 nitrogen and oxygen atoms in total. The van der Waals surface area contributed by atoms with Crippen LogP contribution >= 0.6 is 0 Å². The average molecular weight is 379 g/mol. The second kappa shape index (κ2) is 7.88. The fourth-order valence-corrected chi connectivity index (χ4v) is 3.61. The Labute approximate surface area is 162 Å². The minimum Gasteiger partial charge on any atom is -0.369 e. The Hall–Kier alpha value is -3.09. The van der Waals surface area contributed by atoms with Crippen molar-refractivity contribution in [2.45, 2.75) is 25.8 Å². The summed E-state index contributed by atoms with van der Waals surface area (Å²) >= 11 is 0. The molecule has 1 saturated heterocycles. The number of nitrogens with one attached hydrogen (secondary N) is 1. The molecule has 0 saturated carbocycles. The largest absolute Gasteiger partial charge is 0.369 e. The number of aromatic nitrogens is 3. The zero-order valence-corrected chi connectivity index (χ0v) is 15.7. The number of hydrogen-bond donors (Lipinski definition) is 1. The van der Waals surface area contributed by atoms with Crippen LogP contribution in [0.25, 0.3) is 11.2 Å². The molecule has 3 aromatic rings. The van der Waals surface area contributed by atoms with Crippen LogP contribution in [-0.2, 0) is 4.79 Å². The highest BCUT2D eigenvalue weighted by atomic mass is 19.1. The van der Waals surface area contributed by atoms with E-state index in [-0.39, 0.29) is 23.7 Å². The Morgan fingerprint density at radius 1 is 1.21 bits per heavy atom. The Kier molecular flexibility index (Phi) is 5.14. The first kappa shape index (κ1) is 18.3. The molecular weight excluding hydrogens is 357 g/mol. The van der Waals surface area contributed by atoms with E-state index in [1.54, 1.807) is 30.7 Å². The van der Waals surface area contributed by atoms with Crippen LogP contribution in [0.5, 0.6) is 0 Å². The molecule has 144 valence electrons. The van der Waals surface area contributed by atoms with Gasteiger partial charge in [-0.15, -0.1) is 0 Å². The highest BCUT2D eigenvalue weighted by Gasteiger charge is 2.27. The number of carbonyl (C=O) groups is 1. The number of carbonyl (C=O) groups excluding carboxylic acids is 1. The molecule has 0 bridgehead atoms. The molecule has 28 heavy (non-hydrogen) atoms. The van der Waals surface area contributed by atoms with Crippen molar-refractivity contribution in [1.29, 1.82) is 0 Å². The maximum Gasteiger partial charge on any atom is 0.225 e. The van der Waals surface area contributed by atoms with E-state index in [9.17, 15) is 9.18 Å². The first-order valence-corrected chi connectivity index (χ1v) is 9.48. The summed E-state index contributed by atoms with van der Waals surface area (Å²) in [4.78, 5) is 27.9. The Morgan fingerprint density at radius 2 is 2.00 bits per heavy atom. The third-order valence-electron chi connectivity index (χ3n) is 5.20. The number of piperidine rings is 1. The topological polar surface area (TPSA) is 71.0 Å². The third kappa shape index (κ3) is 3.93. The second-order valence-corrected chi connectivity index (χ2v) is 7.16. The van der Waals surface area contributed by atoms with Gasteiger partial charge in [0.15, 0.2) is 5.65 Å². The monoisotopic (exact) mass is 379 g/mol. The standard InChI is InChI=1S/C21H22FN5O/c1-14(15-4-6-17(22)7-5-15)26-21(28)16-3-2-10-27(13-16)18-11-19-20(25-12-18)24-9-8-23-19/h4-9,11-12,14,16H,2-3,10,13H2,1H3,(H,26,28)/t14-,16+/m1/s1. The number of fused-ring (bicyclic) bond motifs is 1. The minimum atomic E-state index is -0.279. The number of hydrogen-bond acceptors (Lipinski definition) is 5. The zero-order chi connectivity index (χ0) is 19.5. The van der Waals surface area contributed by atoms with Crippen LogP contribution in [-0.4, -0.2) is 33.9 Å². The van der Waals surface area contributed by atoms with Gasteiger partial charge in [0.25, 0.3) is 0 Å². The maximum absolute atomic E-state index is 13.1. The predicted molar refractivity (Wildman–Crippen MR) is 105 cm³/mol. The number of benzene rings is 1. The minimum absolute atomic E-state index is 0.0232. The van der Waals surface area contributed by atoms with Crippen molar-refractivity contribution in [3.8, 4) is 0 Å². The molecular formula is C21H22FN5O. The molecule has 0 aliphatic carbocycles. The quantitative estimate of drug-likeness (QED) is 0.753. The molecule has 1 aromatic carbocycles. The summed E-state index contributed by atoms with van der Waals surface area (Å²) in [7, 11) is 0. The van der Waals surface area contributed by atoms with Crippen LogP contribution in [0.4, 0.5) is 10.1 Å². The Bertz CT molecular complexity index is 978. The zero-order valence-electron chi connectivity index (χ0n) is 15.7. The summed E-state index contributed by atoms with van der Waals surface area (Å²) in [6.45, 7) is 3.43. The van der Waals surface area contributed by atoms with Crippen molar-refractivity contribution in [3.05, 3.63) is 60.3 Å². The molecule has 1 N–H and O–H groups in total. The summed E-state index contributed by atoms with van der Waals surface area (Å²) in [5.74, 6) is -0.358. The lowest BCUT2D eigenvalue weighted by molar-refractivity contribution is -0.125. The van der Waals surface area contributed by atoms with Crippen LogP contribution < -0.4 is 10.2 Å². The fraction of sp³-hybridized carbons (Fsp3) is 0.333. The summed E-state index contributed by atoms with van der Waals surface area (Å²) in [6.07, 6.45) is 6.84. The average Bonchev–Trinajstić information content (AvgIpc) is 2.74. The lowest BCUT2D eigenvalue weighted by atomic mass is 9.96. The van der Waals surface area contributed by atoms with E-state index in [4.69, 9.17) is 0 Å². The van der Waals surface area contributed by atoms with E-state index in [0.29, 0.717) is 12.2 Å². The number of amides is 1. The van der Waals surface area contributed by atoms with Crippen molar-refractivity contribution >= 4 is 22.8 Å². The molecule has 7 heteroatoms. The highest BCUT2D eigenvalue weighted by molar-refractivity contribution is 5.80. The molecule has 1 aliphatic rings. The highest BCUT2D eigenvalue weighted by Crippen LogP contribution is 2.25. The molecule has 1 fully saturated rings. The van der Waals surface area contributed by atoms with Crippen molar-refractivity contribution in [3.63, 3.8) is 0 Å². The molecule has 2 atom stereocenters. The normalized spacial score (nSPS) is 18.1. The van der Waals surface area contributed by atoms with Crippen molar-refractivity contribution in [2.24, 2.45) is 5.92 Å². The van der Waals surface area contributed by atoms with Gasteiger partial charge in [0.2, 0.25) is 5.91 Å². The van der Waals surface area contributed by atoms with Crippen molar-refractivity contribution in [1.82, 2.24) is 20.3 Å². The van der Waals surface area contributed by atoms with Gasteiger partial charge in [-0.3, -0.25) is 9.78 Å². The summed E-state index contributed by atoms with van der Waals surface area (Å²) in [5, 5.41) is 3.06. The van der Waals surface area contributed by atoms with Crippen LogP contribution in [0, 0.1) is 11.7 Å². The predicted octanol–water partition coefficient (Wildman–Crippen LogP) is 3.26. The third-order valence-corrected chi connectivity index (χ3v) is 5.20. The van der Waals surface area contributed by atoms with Gasteiger partial charge in [-0.2, -0.15) is 0 Å². The molecule has 3 heterocycles. The summed E-state index contributed by atoms with van der Waals surface area (Å²) in [6, 6.07) is 8.04. The molecule has 0 unspecified atom stereocenters. The lowest BCUT2D eigenvalue weighted by Crippen LogP contribution is -2.43. The van der Waals surface area contributed by atoms with E-state index in [1.165, 1.54) is 12.1 Å². The van der Waals surface area contributed by atoms with Gasteiger partial charge >= 0.3 is 0 Å². The summed E-state index contributed by atoms with van der Waals surface area (Å²) in [5.41, 5.74) is 3.21. The Morgan fingerprint density at radius 3 is 2.82 bits per heavy atom. The van der Waals surface area contributed by atoms with Crippen LogP contribution in [0.15, 0.2) is 48.9 Å². The summed E-state index contributed by atoms with van der Waals surface area (Å²) < 4.78 is 13.1. The molecule has 0 spiro atoms.